The highest BCUT2D eigenvalue weighted by molar-refractivity contribution is 5.82. The molecule has 0 aliphatic rings. The van der Waals surface area contributed by atoms with Gasteiger partial charge in [0.05, 0.1) is 12.6 Å². The van der Waals surface area contributed by atoms with Gasteiger partial charge in [-0.3, -0.25) is 4.98 Å². The molecule has 3 heteroatoms. The number of hydrogen-bond acceptors (Lipinski definition) is 3. The minimum atomic E-state index is 0.836. The van der Waals surface area contributed by atoms with Crippen LogP contribution in [-0.4, -0.2) is 19.1 Å². The Morgan fingerprint density at radius 2 is 1.95 bits per heavy atom. The fourth-order valence-electron chi connectivity index (χ4n) is 2.44. The topological polar surface area (TPSA) is 25.4 Å². The third kappa shape index (κ3) is 2.97. The van der Waals surface area contributed by atoms with Crippen LogP contribution < -0.4 is 9.64 Å². The van der Waals surface area contributed by atoms with Crippen molar-refractivity contribution in [2.24, 2.45) is 0 Å². The van der Waals surface area contributed by atoms with Gasteiger partial charge in [-0.15, -0.1) is 0 Å². The van der Waals surface area contributed by atoms with Gasteiger partial charge in [0.1, 0.15) is 5.75 Å². The Bertz CT molecular complexity index is 755. The lowest BCUT2D eigenvalue weighted by Crippen LogP contribution is -2.16. The largest absolute Gasteiger partial charge is 0.497 e. The first-order valence-corrected chi connectivity index (χ1v) is 6.95. The van der Waals surface area contributed by atoms with E-state index in [1.54, 1.807) is 7.11 Å². The molecule has 0 saturated heterocycles. The molecule has 3 nitrogen and oxygen atoms in total. The lowest BCUT2D eigenvalue weighted by molar-refractivity contribution is 0.414. The third-order valence-electron chi connectivity index (χ3n) is 3.58. The van der Waals surface area contributed by atoms with Gasteiger partial charge in [-0.1, -0.05) is 18.2 Å². The molecule has 0 spiro atoms. The normalized spacial score (nSPS) is 10.6. The van der Waals surface area contributed by atoms with Gasteiger partial charge in [0.25, 0.3) is 0 Å². The van der Waals surface area contributed by atoms with Crippen molar-refractivity contribution in [3.8, 4) is 5.75 Å². The van der Waals surface area contributed by atoms with E-state index in [-0.39, 0.29) is 0 Å². The van der Waals surface area contributed by atoms with Crippen LogP contribution in [0.4, 0.5) is 5.69 Å². The Morgan fingerprint density at radius 1 is 1.05 bits per heavy atom. The number of hydrogen-bond donors (Lipinski definition) is 0. The van der Waals surface area contributed by atoms with Crippen LogP contribution in [0.2, 0.25) is 0 Å². The molecular formula is C18H18N2O. The predicted molar refractivity (Wildman–Crippen MR) is 86.8 cm³/mol. The summed E-state index contributed by atoms with van der Waals surface area (Å²) in [5, 5.41) is 1.16. The van der Waals surface area contributed by atoms with Crippen molar-refractivity contribution in [2.75, 3.05) is 19.1 Å². The summed E-state index contributed by atoms with van der Waals surface area (Å²) in [6, 6.07) is 18.6. The quantitative estimate of drug-likeness (QED) is 0.724. The summed E-state index contributed by atoms with van der Waals surface area (Å²) >= 11 is 0. The molecule has 21 heavy (non-hydrogen) atoms. The summed E-state index contributed by atoms with van der Waals surface area (Å²) in [6.45, 7) is 0.836. The summed E-state index contributed by atoms with van der Waals surface area (Å²) in [4.78, 5) is 6.58. The SMILES string of the molecule is COc1cccc(CN(C)c2ccc3ncccc3c2)c1. The van der Waals surface area contributed by atoms with Gasteiger partial charge in [-0.05, 0) is 42.0 Å². The average molecular weight is 278 g/mol. The fourth-order valence-corrected chi connectivity index (χ4v) is 2.44. The van der Waals surface area contributed by atoms with Crippen molar-refractivity contribution in [1.82, 2.24) is 4.98 Å². The Kier molecular flexibility index (Phi) is 3.73. The van der Waals surface area contributed by atoms with E-state index in [9.17, 15) is 0 Å². The van der Waals surface area contributed by atoms with Crippen LogP contribution in [0.5, 0.6) is 5.75 Å². The maximum atomic E-state index is 5.27. The maximum absolute atomic E-state index is 5.27. The van der Waals surface area contributed by atoms with Crippen molar-refractivity contribution in [2.45, 2.75) is 6.54 Å². The van der Waals surface area contributed by atoms with E-state index in [1.165, 1.54) is 11.3 Å². The molecule has 0 radical (unpaired) electrons. The smallest absolute Gasteiger partial charge is 0.119 e. The number of ether oxygens (including phenoxy) is 1. The molecule has 0 aliphatic heterocycles. The lowest BCUT2D eigenvalue weighted by Gasteiger charge is -2.20. The van der Waals surface area contributed by atoms with Crippen LogP contribution in [0.3, 0.4) is 0 Å². The molecule has 0 fully saturated rings. The minimum Gasteiger partial charge on any atom is -0.497 e. The van der Waals surface area contributed by atoms with Crippen LogP contribution in [0.25, 0.3) is 10.9 Å². The number of aromatic nitrogens is 1. The Hall–Kier alpha value is -2.55. The molecule has 3 aromatic rings. The molecule has 0 aliphatic carbocycles. The second-order valence-electron chi connectivity index (χ2n) is 5.09. The number of benzene rings is 2. The Balaban J connectivity index is 1.84. The Morgan fingerprint density at radius 3 is 2.81 bits per heavy atom. The van der Waals surface area contributed by atoms with E-state index in [1.807, 2.05) is 24.4 Å². The molecule has 1 heterocycles. The van der Waals surface area contributed by atoms with E-state index in [2.05, 4.69) is 53.3 Å². The molecule has 0 bridgehead atoms. The van der Waals surface area contributed by atoms with Gasteiger partial charge in [-0.2, -0.15) is 0 Å². The minimum absolute atomic E-state index is 0.836. The van der Waals surface area contributed by atoms with Crippen LogP contribution in [0, 0.1) is 0 Å². The second-order valence-corrected chi connectivity index (χ2v) is 5.09. The van der Waals surface area contributed by atoms with Crippen molar-refractivity contribution in [1.29, 1.82) is 0 Å². The zero-order valence-corrected chi connectivity index (χ0v) is 12.3. The number of pyridine rings is 1. The predicted octanol–water partition coefficient (Wildman–Crippen LogP) is 3.88. The monoisotopic (exact) mass is 278 g/mol. The van der Waals surface area contributed by atoms with Crippen molar-refractivity contribution in [3.63, 3.8) is 0 Å². The van der Waals surface area contributed by atoms with Crippen molar-refractivity contribution < 1.29 is 4.74 Å². The number of anilines is 1. The first kappa shape index (κ1) is 13.4. The molecule has 0 unspecified atom stereocenters. The van der Waals surface area contributed by atoms with E-state index < -0.39 is 0 Å². The van der Waals surface area contributed by atoms with E-state index in [0.29, 0.717) is 0 Å². The molecule has 0 atom stereocenters. The highest BCUT2D eigenvalue weighted by atomic mass is 16.5. The fraction of sp³-hybridized carbons (Fsp3) is 0.167. The Labute approximate surface area is 124 Å². The highest BCUT2D eigenvalue weighted by Gasteiger charge is 2.04. The first-order valence-electron chi connectivity index (χ1n) is 6.95. The standard InChI is InChI=1S/C18H18N2O/c1-20(13-14-5-3-7-17(11-14)21-2)16-8-9-18-15(12-16)6-4-10-19-18/h3-12H,13H2,1-2H3. The second kappa shape index (κ2) is 5.83. The first-order chi connectivity index (χ1) is 10.3. The van der Waals surface area contributed by atoms with Crippen LogP contribution in [0.15, 0.2) is 60.8 Å². The van der Waals surface area contributed by atoms with Gasteiger partial charge in [-0.25, -0.2) is 0 Å². The van der Waals surface area contributed by atoms with Crippen molar-refractivity contribution in [3.05, 3.63) is 66.4 Å². The molecule has 2 aromatic carbocycles. The van der Waals surface area contributed by atoms with Crippen LogP contribution >= 0.6 is 0 Å². The molecule has 0 N–H and O–H groups in total. The zero-order valence-electron chi connectivity index (χ0n) is 12.3. The number of rotatable bonds is 4. The van der Waals surface area contributed by atoms with E-state index in [0.717, 1.165) is 23.2 Å². The lowest BCUT2D eigenvalue weighted by atomic mass is 10.1. The molecule has 1 aromatic heterocycles. The van der Waals surface area contributed by atoms with Crippen LogP contribution in [0.1, 0.15) is 5.56 Å². The number of methoxy groups -OCH3 is 1. The molecule has 0 amide bonds. The molecular weight excluding hydrogens is 260 g/mol. The van der Waals surface area contributed by atoms with Gasteiger partial charge in [0.15, 0.2) is 0 Å². The van der Waals surface area contributed by atoms with Gasteiger partial charge >= 0.3 is 0 Å². The van der Waals surface area contributed by atoms with Gasteiger partial charge < -0.3 is 9.64 Å². The molecule has 106 valence electrons. The third-order valence-corrected chi connectivity index (χ3v) is 3.58. The summed E-state index contributed by atoms with van der Waals surface area (Å²) < 4.78 is 5.27. The van der Waals surface area contributed by atoms with E-state index in [4.69, 9.17) is 4.74 Å². The van der Waals surface area contributed by atoms with Gasteiger partial charge in [0.2, 0.25) is 0 Å². The molecule has 0 saturated carbocycles. The number of fused-ring (bicyclic) bond motifs is 1. The van der Waals surface area contributed by atoms with Crippen molar-refractivity contribution >= 4 is 16.6 Å². The molecule has 3 rings (SSSR count). The zero-order chi connectivity index (χ0) is 14.7. The summed E-state index contributed by atoms with van der Waals surface area (Å²) in [5.74, 6) is 0.892. The van der Waals surface area contributed by atoms with Crippen LogP contribution in [-0.2, 0) is 6.54 Å². The van der Waals surface area contributed by atoms with Gasteiger partial charge in [0, 0.05) is 30.9 Å². The number of nitrogens with zero attached hydrogens (tertiary/aromatic N) is 2. The highest BCUT2D eigenvalue weighted by Crippen LogP contribution is 2.22. The summed E-state index contributed by atoms with van der Waals surface area (Å²) in [6.07, 6.45) is 1.82. The summed E-state index contributed by atoms with van der Waals surface area (Å²) in [5.41, 5.74) is 3.43. The average Bonchev–Trinajstić information content (AvgIpc) is 2.54. The summed E-state index contributed by atoms with van der Waals surface area (Å²) in [7, 11) is 3.79. The maximum Gasteiger partial charge on any atom is 0.119 e. The van der Waals surface area contributed by atoms with E-state index >= 15 is 0 Å².